The normalized spacial score (nSPS) is 21.0. The zero-order valence-corrected chi connectivity index (χ0v) is 18.8. The van der Waals surface area contributed by atoms with E-state index in [1.165, 1.54) is 4.90 Å². The molecule has 1 saturated heterocycles. The molecule has 1 aliphatic heterocycles. The number of halogens is 1. The Hall–Kier alpha value is -3.40. The number of likely N-dealkylation sites (tertiary alicyclic amines) is 1. The molecule has 33 heavy (non-hydrogen) atoms. The SMILES string of the molecule is CC[C@H](C)[C@H](NC(=O)OCC1c2ccccc2-c2ccccc21)C(=O)N1C[C@@H](F)C[C@H]1C#N. The average Bonchev–Trinajstić information content (AvgIpc) is 3.38. The molecule has 0 radical (unpaired) electrons. The second-order valence-electron chi connectivity index (χ2n) is 8.80. The van der Waals surface area contributed by atoms with Crippen LogP contribution in [0.5, 0.6) is 0 Å². The van der Waals surface area contributed by atoms with Crippen LogP contribution in [0.4, 0.5) is 9.18 Å². The van der Waals surface area contributed by atoms with Gasteiger partial charge in [0.2, 0.25) is 5.91 Å². The van der Waals surface area contributed by atoms with Gasteiger partial charge in [0.1, 0.15) is 24.9 Å². The van der Waals surface area contributed by atoms with E-state index in [4.69, 9.17) is 4.74 Å². The molecule has 1 heterocycles. The summed E-state index contributed by atoms with van der Waals surface area (Å²) in [6, 6.07) is 16.4. The van der Waals surface area contributed by atoms with E-state index in [-0.39, 0.29) is 31.4 Å². The Balaban J connectivity index is 1.46. The standard InChI is InChI=1S/C26H28FN3O3/c1-3-16(2)24(25(31)30-14-17(27)12-18(30)13-28)29-26(32)33-15-23-21-10-6-4-8-19(21)20-9-5-7-11-22(20)23/h4-11,16-18,23-24H,3,12,14-15H2,1-2H3,(H,29,32)/t16-,17-,18-,24-/m0/s1. The number of alkyl halides is 1. The van der Waals surface area contributed by atoms with Crippen LogP contribution in [-0.4, -0.2) is 48.3 Å². The number of nitrogens with one attached hydrogen (secondary N) is 1. The molecule has 6 nitrogen and oxygen atoms in total. The highest BCUT2D eigenvalue weighted by atomic mass is 19.1. The highest BCUT2D eigenvalue weighted by molar-refractivity contribution is 5.87. The molecular formula is C26H28FN3O3. The number of benzene rings is 2. The lowest BCUT2D eigenvalue weighted by molar-refractivity contribution is -0.134. The Bertz CT molecular complexity index is 1040. The van der Waals surface area contributed by atoms with Crippen molar-refractivity contribution in [3.05, 3.63) is 59.7 Å². The van der Waals surface area contributed by atoms with Gasteiger partial charge < -0.3 is 15.0 Å². The lowest BCUT2D eigenvalue weighted by atomic mass is 9.97. The fourth-order valence-electron chi connectivity index (χ4n) is 4.78. The summed E-state index contributed by atoms with van der Waals surface area (Å²) in [4.78, 5) is 27.1. The molecule has 7 heteroatoms. The molecule has 2 amide bonds. The third-order valence-corrected chi connectivity index (χ3v) is 6.78. The van der Waals surface area contributed by atoms with Gasteiger partial charge in [-0.3, -0.25) is 4.79 Å². The topological polar surface area (TPSA) is 82.4 Å². The maximum atomic E-state index is 13.9. The minimum atomic E-state index is -1.23. The van der Waals surface area contributed by atoms with E-state index in [0.29, 0.717) is 6.42 Å². The summed E-state index contributed by atoms with van der Waals surface area (Å²) in [7, 11) is 0. The highest BCUT2D eigenvalue weighted by Gasteiger charge is 2.40. The molecule has 0 unspecified atom stereocenters. The molecule has 172 valence electrons. The van der Waals surface area contributed by atoms with E-state index >= 15 is 0 Å². The molecule has 2 aromatic rings. The molecule has 0 spiro atoms. The van der Waals surface area contributed by atoms with Crippen molar-refractivity contribution in [3.63, 3.8) is 0 Å². The zero-order chi connectivity index (χ0) is 23.5. The average molecular weight is 450 g/mol. The summed E-state index contributed by atoms with van der Waals surface area (Å²) in [6.07, 6.45) is -1.30. The number of rotatable bonds is 6. The molecule has 0 saturated carbocycles. The summed E-state index contributed by atoms with van der Waals surface area (Å²) in [5.41, 5.74) is 4.46. The summed E-state index contributed by atoms with van der Waals surface area (Å²) < 4.78 is 19.5. The number of nitriles is 1. The van der Waals surface area contributed by atoms with Crippen molar-refractivity contribution in [2.24, 2.45) is 5.92 Å². The van der Waals surface area contributed by atoms with Crippen molar-refractivity contribution in [2.45, 2.75) is 50.9 Å². The zero-order valence-electron chi connectivity index (χ0n) is 18.8. The smallest absolute Gasteiger partial charge is 0.407 e. The first-order valence-electron chi connectivity index (χ1n) is 11.4. The minimum Gasteiger partial charge on any atom is -0.449 e. The number of hydrogen-bond acceptors (Lipinski definition) is 4. The van der Waals surface area contributed by atoms with Gasteiger partial charge in [-0.15, -0.1) is 0 Å². The Morgan fingerprint density at radius 3 is 2.36 bits per heavy atom. The molecule has 0 bridgehead atoms. The molecule has 4 rings (SSSR count). The summed E-state index contributed by atoms with van der Waals surface area (Å²) in [6.45, 7) is 3.76. The van der Waals surface area contributed by atoms with Crippen molar-refractivity contribution in [1.82, 2.24) is 10.2 Å². The van der Waals surface area contributed by atoms with Crippen LogP contribution in [0.25, 0.3) is 11.1 Å². The third-order valence-electron chi connectivity index (χ3n) is 6.78. The molecule has 4 atom stereocenters. The monoisotopic (exact) mass is 449 g/mol. The van der Waals surface area contributed by atoms with Crippen molar-refractivity contribution >= 4 is 12.0 Å². The minimum absolute atomic E-state index is 0.000407. The first-order valence-corrected chi connectivity index (χ1v) is 11.4. The Morgan fingerprint density at radius 1 is 1.18 bits per heavy atom. The highest BCUT2D eigenvalue weighted by Crippen LogP contribution is 2.44. The van der Waals surface area contributed by atoms with Crippen LogP contribution in [-0.2, 0) is 9.53 Å². The van der Waals surface area contributed by atoms with Gasteiger partial charge in [0.25, 0.3) is 0 Å². The van der Waals surface area contributed by atoms with E-state index in [9.17, 15) is 19.2 Å². The molecule has 2 aromatic carbocycles. The second-order valence-corrected chi connectivity index (χ2v) is 8.80. The van der Waals surface area contributed by atoms with E-state index in [2.05, 4.69) is 17.4 Å². The number of fused-ring (bicyclic) bond motifs is 3. The van der Waals surface area contributed by atoms with Crippen molar-refractivity contribution in [1.29, 1.82) is 5.26 Å². The van der Waals surface area contributed by atoms with Gasteiger partial charge in [-0.2, -0.15) is 5.26 Å². The lowest BCUT2D eigenvalue weighted by Crippen LogP contribution is -2.53. The number of nitrogens with zero attached hydrogens (tertiary/aromatic N) is 2. The molecular weight excluding hydrogens is 421 g/mol. The Morgan fingerprint density at radius 2 is 1.79 bits per heavy atom. The lowest BCUT2D eigenvalue weighted by Gasteiger charge is -2.29. The first kappa shape index (κ1) is 22.8. The summed E-state index contributed by atoms with van der Waals surface area (Å²) in [5.74, 6) is -0.727. The number of carbonyl (C=O) groups excluding carboxylic acids is 2. The number of carbonyl (C=O) groups is 2. The number of amides is 2. The maximum Gasteiger partial charge on any atom is 0.407 e. The molecule has 1 aliphatic carbocycles. The van der Waals surface area contributed by atoms with Crippen LogP contribution < -0.4 is 5.32 Å². The maximum absolute atomic E-state index is 13.9. The summed E-state index contributed by atoms with van der Waals surface area (Å²) in [5, 5.41) is 12.0. The van der Waals surface area contributed by atoms with Gasteiger partial charge in [-0.05, 0) is 28.2 Å². The van der Waals surface area contributed by atoms with Crippen molar-refractivity contribution in [3.8, 4) is 17.2 Å². The van der Waals surface area contributed by atoms with Crippen LogP contribution >= 0.6 is 0 Å². The number of hydrogen-bond donors (Lipinski definition) is 1. The Labute approximate surface area is 193 Å². The van der Waals surface area contributed by atoms with Gasteiger partial charge in [0.05, 0.1) is 12.6 Å². The van der Waals surface area contributed by atoms with E-state index in [1.54, 1.807) is 0 Å². The quantitative estimate of drug-likeness (QED) is 0.709. The molecule has 1 fully saturated rings. The van der Waals surface area contributed by atoms with Crippen molar-refractivity contribution in [2.75, 3.05) is 13.2 Å². The first-order chi connectivity index (χ1) is 15.9. The predicted octanol–water partition coefficient (Wildman–Crippen LogP) is 4.40. The van der Waals surface area contributed by atoms with Gasteiger partial charge in [0.15, 0.2) is 0 Å². The van der Waals surface area contributed by atoms with Crippen LogP contribution in [0.2, 0.25) is 0 Å². The van der Waals surface area contributed by atoms with E-state index in [1.807, 2.05) is 56.3 Å². The molecule has 0 aromatic heterocycles. The number of alkyl carbamates (subject to hydrolysis) is 1. The second kappa shape index (κ2) is 9.62. The van der Waals surface area contributed by atoms with E-state index < -0.39 is 30.3 Å². The Kier molecular flexibility index (Phi) is 6.64. The molecule has 2 aliphatic rings. The van der Waals surface area contributed by atoms with Crippen molar-refractivity contribution < 1.29 is 18.7 Å². The molecule has 1 N–H and O–H groups in total. The van der Waals surface area contributed by atoms with Crippen LogP contribution in [0.15, 0.2) is 48.5 Å². The van der Waals surface area contributed by atoms with Gasteiger partial charge in [-0.25, -0.2) is 9.18 Å². The van der Waals surface area contributed by atoms with E-state index in [0.717, 1.165) is 22.3 Å². The van der Waals surface area contributed by atoms with Gasteiger partial charge in [0, 0.05) is 12.3 Å². The van der Waals surface area contributed by atoms with Gasteiger partial charge in [-0.1, -0.05) is 68.8 Å². The van der Waals surface area contributed by atoms with Gasteiger partial charge >= 0.3 is 6.09 Å². The predicted molar refractivity (Wildman–Crippen MR) is 122 cm³/mol. The largest absolute Gasteiger partial charge is 0.449 e. The van der Waals surface area contributed by atoms with Crippen LogP contribution in [0.3, 0.4) is 0 Å². The third kappa shape index (κ3) is 4.43. The van der Waals surface area contributed by atoms with Crippen LogP contribution in [0.1, 0.15) is 43.7 Å². The number of ether oxygens (including phenoxy) is 1. The fraction of sp³-hybridized carbons (Fsp3) is 0.423. The summed E-state index contributed by atoms with van der Waals surface area (Å²) >= 11 is 0. The van der Waals surface area contributed by atoms with Crippen LogP contribution in [0, 0.1) is 17.2 Å². The fourth-order valence-corrected chi connectivity index (χ4v) is 4.78.